The summed E-state index contributed by atoms with van der Waals surface area (Å²) in [7, 11) is 0. The molecule has 1 N–H and O–H groups in total. The highest BCUT2D eigenvalue weighted by Crippen LogP contribution is 2.12. The number of benzene rings is 1. The summed E-state index contributed by atoms with van der Waals surface area (Å²) in [4.78, 5) is 13.9. The van der Waals surface area contributed by atoms with Crippen LogP contribution >= 0.6 is 0 Å². The summed E-state index contributed by atoms with van der Waals surface area (Å²) in [5, 5.41) is 2.93. The maximum absolute atomic E-state index is 12.0. The van der Waals surface area contributed by atoms with E-state index < -0.39 is 0 Å². The molecule has 0 fully saturated rings. The lowest BCUT2D eigenvalue weighted by Crippen LogP contribution is -2.50. The van der Waals surface area contributed by atoms with Gasteiger partial charge in [0.1, 0.15) is 5.75 Å². The van der Waals surface area contributed by atoms with Crippen molar-refractivity contribution in [3.05, 3.63) is 30.3 Å². The Kier molecular flexibility index (Phi) is 6.36. The number of hydrogen-bond acceptors (Lipinski definition) is 2. The second kappa shape index (κ2) is 7.78. The fourth-order valence-corrected chi connectivity index (χ4v) is 1.99. The Morgan fingerprint density at radius 2 is 1.90 bits per heavy atom. The number of carbonyl (C=O) groups is 1. The first-order chi connectivity index (χ1) is 9.45. The third kappa shape index (κ3) is 5.51. The van der Waals surface area contributed by atoms with Crippen molar-refractivity contribution >= 4 is 6.03 Å². The van der Waals surface area contributed by atoms with Gasteiger partial charge in [-0.05, 0) is 46.2 Å². The molecule has 0 aromatic heterocycles. The Bertz CT molecular complexity index is 399. The van der Waals surface area contributed by atoms with Crippen LogP contribution < -0.4 is 10.1 Å². The summed E-state index contributed by atoms with van der Waals surface area (Å²) in [5.74, 6) is 0.865. The molecule has 1 aromatic rings. The predicted octanol–water partition coefficient (Wildman–Crippen LogP) is 3.29. The molecule has 0 heterocycles. The molecule has 0 atom stereocenters. The zero-order valence-corrected chi connectivity index (χ0v) is 13.0. The summed E-state index contributed by atoms with van der Waals surface area (Å²) in [6, 6.07) is 9.69. The van der Waals surface area contributed by atoms with Crippen LogP contribution in [0.1, 0.15) is 34.1 Å². The molecule has 1 rings (SSSR count). The van der Waals surface area contributed by atoms with Gasteiger partial charge >= 0.3 is 6.03 Å². The Morgan fingerprint density at radius 1 is 1.25 bits per heavy atom. The zero-order valence-electron chi connectivity index (χ0n) is 13.0. The lowest BCUT2D eigenvalue weighted by molar-refractivity contribution is 0.149. The van der Waals surface area contributed by atoms with Crippen molar-refractivity contribution in [3.8, 4) is 5.75 Å². The van der Waals surface area contributed by atoms with Crippen LogP contribution in [0.2, 0.25) is 0 Å². The van der Waals surface area contributed by atoms with Gasteiger partial charge in [-0.15, -0.1) is 0 Å². The lowest BCUT2D eigenvalue weighted by Gasteiger charge is -2.34. The van der Waals surface area contributed by atoms with E-state index >= 15 is 0 Å². The maximum atomic E-state index is 12.0. The van der Waals surface area contributed by atoms with Gasteiger partial charge in [-0.3, -0.25) is 0 Å². The molecule has 4 heteroatoms. The summed E-state index contributed by atoms with van der Waals surface area (Å²) in [6.45, 7) is 10.0. The highest BCUT2D eigenvalue weighted by molar-refractivity contribution is 5.74. The highest BCUT2D eigenvalue weighted by atomic mass is 16.5. The van der Waals surface area contributed by atoms with Gasteiger partial charge in [0.15, 0.2) is 0 Å². The molecule has 112 valence electrons. The molecule has 0 saturated heterocycles. The smallest absolute Gasteiger partial charge is 0.317 e. The SMILES string of the molecule is CCN(C(=O)NCCCOc1ccccc1)C(C)(C)C. The van der Waals surface area contributed by atoms with E-state index in [-0.39, 0.29) is 11.6 Å². The van der Waals surface area contributed by atoms with Gasteiger partial charge < -0.3 is 15.0 Å². The quantitative estimate of drug-likeness (QED) is 0.811. The monoisotopic (exact) mass is 278 g/mol. The predicted molar refractivity (Wildman–Crippen MR) is 82.1 cm³/mol. The van der Waals surface area contributed by atoms with Gasteiger partial charge in [-0.2, -0.15) is 0 Å². The van der Waals surface area contributed by atoms with Crippen LogP contribution in [0.25, 0.3) is 0 Å². The molecular formula is C16H26N2O2. The third-order valence-corrected chi connectivity index (χ3v) is 2.98. The van der Waals surface area contributed by atoms with Crippen molar-refractivity contribution in [1.29, 1.82) is 0 Å². The topological polar surface area (TPSA) is 41.6 Å². The molecule has 0 saturated carbocycles. The minimum absolute atomic E-state index is 0.0142. The Hall–Kier alpha value is -1.71. The fraction of sp³-hybridized carbons (Fsp3) is 0.562. The normalized spacial score (nSPS) is 11.0. The van der Waals surface area contributed by atoms with E-state index in [0.717, 1.165) is 12.2 Å². The number of nitrogens with one attached hydrogen (secondary N) is 1. The summed E-state index contributed by atoms with van der Waals surface area (Å²) < 4.78 is 5.58. The number of carbonyl (C=O) groups excluding carboxylic acids is 1. The second-order valence-electron chi connectivity index (χ2n) is 5.66. The molecule has 4 nitrogen and oxygen atoms in total. The summed E-state index contributed by atoms with van der Waals surface area (Å²) in [5.41, 5.74) is -0.153. The van der Waals surface area contributed by atoms with Crippen LogP contribution in [0.15, 0.2) is 30.3 Å². The van der Waals surface area contributed by atoms with Gasteiger partial charge in [-0.25, -0.2) is 4.79 Å². The Morgan fingerprint density at radius 3 is 2.45 bits per heavy atom. The van der Waals surface area contributed by atoms with Crippen molar-refractivity contribution < 1.29 is 9.53 Å². The first-order valence-electron chi connectivity index (χ1n) is 7.18. The Labute approximate surface area is 122 Å². The first-order valence-corrected chi connectivity index (χ1v) is 7.18. The lowest BCUT2D eigenvalue weighted by atomic mass is 10.1. The van der Waals surface area contributed by atoms with Gasteiger partial charge in [0.05, 0.1) is 6.61 Å². The Balaban J connectivity index is 2.22. The number of amides is 2. The van der Waals surface area contributed by atoms with Crippen LogP contribution in [-0.2, 0) is 0 Å². The second-order valence-corrected chi connectivity index (χ2v) is 5.66. The molecule has 0 bridgehead atoms. The molecule has 1 aromatic carbocycles. The van der Waals surface area contributed by atoms with E-state index in [1.807, 2.05) is 62.9 Å². The number of hydrogen-bond donors (Lipinski definition) is 1. The van der Waals surface area contributed by atoms with Gasteiger partial charge in [0.25, 0.3) is 0 Å². The molecule has 0 unspecified atom stereocenters. The van der Waals surface area contributed by atoms with Crippen molar-refractivity contribution in [1.82, 2.24) is 10.2 Å². The van der Waals surface area contributed by atoms with Crippen LogP contribution in [0.5, 0.6) is 5.75 Å². The molecule has 0 aliphatic heterocycles. The number of rotatable bonds is 6. The molecule has 0 radical (unpaired) electrons. The minimum atomic E-state index is -0.153. The van der Waals surface area contributed by atoms with Gasteiger partial charge in [0.2, 0.25) is 0 Å². The summed E-state index contributed by atoms with van der Waals surface area (Å²) in [6.07, 6.45) is 0.794. The molecular weight excluding hydrogens is 252 g/mol. The van der Waals surface area contributed by atoms with Crippen molar-refractivity contribution in [2.24, 2.45) is 0 Å². The fourth-order valence-electron chi connectivity index (χ4n) is 1.99. The van der Waals surface area contributed by atoms with Crippen molar-refractivity contribution in [3.63, 3.8) is 0 Å². The van der Waals surface area contributed by atoms with E-state index in [2.05, 4.69) is 5.32 Å². The van der Waals surface area contributed by atoms with Crippen LogP contribution in [0.4, 0.5) is 4.79 Å². The standard InChI is InChI=1S/C16H26N2O2/c1-5-18(16(2,3)4)15(19)17-12-9-13-20-14-10-7-6-8-11-14/h6-8,10-11H,5,9,12-13H2,1-4H3,(H,17,19). The minimum Gasteiger partial charge on any atom is -0.494 e. The number of nitrogens with zero attached hydrogens (tertiary/aromatic N) is 1. The van der Waals surface area contributed by atoms with Gasteiger partial charge in [-0.1, -0.05) is 18.2 Å². The number of urea groups is 1. The van der Waals surface area contributed by atoms with E-state index in [9.17, 15) is 4.79 Å². The maximum Gasteiger partial charge on any atom is 0.317 e. The molecule has 20 heavy (non-hydrogen) atoms. The van der Waals surface area contributed by atoms with E-state index in [0.29, 0.717) is 19.7 Å². The molecule has 2 amide bonds. The van der Waals surface area contributed by atoms with E-state index in [1.165, 1.54) is 0 Å². The largest absolute Gasteiger partial charge is 0.494 e. The highest BCUT2D eigenvalue weighted by Gasteiger charge is 2.24. The van der Waals surface area contributed by atoms with E-state index in [4.69, 9.17) is 4.74 Å². The number of para-hydroxylation sites is 1. The molecule has 0 aliphatic carbocycles. The van der Waals surface area contributed by atoms with Crippen LogP contribution in [-0.4, -0.2) is 36.2 Å². The average molecular weight is 278 g/mol. The van der Waals surface area contributed by atoms with Crippen molar-refractivity contribution in [2.75, 3.05) is 19.7 Å². The summed E-state index contributed by atoms with van der Waals surface area (Å²) >= 11 is 0. The van der Waals surface area contributed by atoms with Gasteiger partial charge in [0, 0.05) is 18.6 Å². The third-order valence-electron chi connectivity index (χ3n) is 2.98. The molecule has 0 aliphatic rings. The number of ether oxygens (including phenoxy) is 1. The van der Waals surface area contributed by atoms with Crippen LogP contribution in [0, 0.1) is 0 Å². The first kappa shape index (κ1) is 16.3. The van der Waals surface area contributed by atoms with Crippen molar-refractivity contribution in [2.45, 2.75) is 39.7 Å². The molecule has 0 spiro atoms. The van der Waals surface area contributed by atoms with Crippen LogP contribution in [0.3, 0.4) is 0 Å². The van der Waals surface area contributed by atoms with E-state index in [1.54, 1.807) is 0 Å². The zero-order chi connectivity index (χ0) is 15.0. The average Bonchev–Trinajstić information content (AvgIpc) is 2.38.